The average Bonchev–Trinajstić information content (AvgIpc) is 2.15. The predicted molar refractivity (Wildman–Crippen MR) is 38.9 cm³/mol. The van der Waals surface area contributed by atoms with Gasteiger partial charge in [-0.1, -0.05) is 11.6 Å². The van der Waals surface area contributed by atoms with Gasteiger partial charge in [-0.05, 0) is 12.5 Å². The van der Waals surface area contributed by atoms with E-state index in [-0.39, 0.29) is 0 Å². The van der Waals surface area contributed by atoms with Gasteiger partial charge in [-0.25, -0.2) is 0 Å². The maximum absolute atomic E-state index is 10.1. The van der Waals surface area contributed by atoms with E-state index in [4.69, 9.17) is 11.6 Å². The summed E-state index contributed by atoms with van der Waals surface area (Å²) in [5.41, 5.74) is 1.40. The third kappa shape index (κ3) is 1.14. The van der Waals surface area contributed by atoms with Gasteiger partial charge in [0.1, 0.15) is 0 Å². The van der Waals surface area contributed by atoms with E-state index >= 15 is 0 Å². The highest BCUT2D eigenvalue weighted by Crippen LogP contribution is 2.24. The van der Waals surface area contributed by atoms with Gasteiger partial charge in [0.05, 0.1) is 4.34 Å². The normalized spacial score (nSPS) is 9.56. The Hall–Kier alpha value is -0.340. The molecule has 0 saturated heterocycles. The number of thiophene rings is 1. The highest BCUT2D eigenvalue weighted by Gasteiger charge is 2.02. The Morgan fingerprint density at radius 1 is 1.78 bits per heavy atom. The first-order valence-corrected chi connectivity index (χ1v) is 3.63. The van der Waals surface area contributed by atoms with Crippen molar-refractivity contribution in [2.45, 2.75) is 6.92 Å². The molecule has 0 spiro atoms. The summed E-state index contributed by atoms with van der Waals surface area (Å²) in [6, 6.07) is 0. The maximum atomic E-state index is 10.1. The summed E-state index contributed by atoms with van der Waals surface area (Å²) in [7, 11) is 0. The van der Waals surface area contributed by atoms with Gasteiger partial charge in [-0.2, -0.15) is 0 Å². The fourth-order valence-electron chi connectivity index (χ4n) is 0.494. The van der Waals surface area contributed by atoms with E-state index in [0.29, 0.717) is 9.90 Å². The van der Waals surface area contributed by atoms with Crippen LogP contribution in [0.3, 0.4) is 0 Å². The van der Waals surface area contributed by atoms with Crippen molar-refractivity contribution in [3.8, 4) is 0 Å². The molecule has 0 bridgehead atoms. The number of hydrogen-bond acceptors (Lipinski definition) is 2. The number of hydrogen-bond donors (Lipinski definition) is 0. The molecule has 0 aliphatic rings. The molecule has 0 amide bonds. The van der Waals surface area contributed by atoms with Crippen molar-refractivity contribution < 1.29 is 4.79 Å². The van der Waals surface area contributed by atoms with E-state index in [1.807, 2.05) is 0 Å². The van der Waals surface area contributed by atoms with E-state index in [2.05, 4.69) is 0 Å². The van der Waals surface area contributed by atoms with E-state index in [1.54, 1.807) is 18.6 Å². The summed E-state index contributed by atoms with van der Waals surface area (Å²) >= 11 is 7.01. The lowest BCUT2D eigenvalue weighted by Crippen LogP contribution is -1.76. The zero-order valence-corrected chi connectivity index (χ0v) is 6.34. The van der Waals surface area contributed by atoms with Crippen LogP contribution in [0.1, 0.15) is 11.1 Å². The van der Waals surface area contributed by atoms with Gasteiger partial charge >= 0.3 is 0 Å². The summed E-state index contributed by atoms with van der Waals surface area (Å²) in [5.74, 6) is 0. The molecule has 9 heavy (non-hydrogen) atoms. The van der Waals surface area contributed by atoms with Gasteiger partial charge in [-0.15, -0.1) is 11.3 Å². The largest absolute Gasteiger partial charge is 0.285 e. The fraction of sp³-hybridized carbons (Fsp3) is 0.167. The molecule has 0 aliphatic carbocycles. The first-order chi connectivity index (χ1) is 4.25. The van der Waals surface area contributed by atoms with Crippen molar-refractivity contribution in [1.82, 2.24) is 0 Å². The number of carbonyl (C=O) groups excluding carboxylic acids is 1. The second kappa shape index (κ2) is 2.50. The van der Waals surface area contributed by atoms with E-state index in [1.165, 1.54) is 11.3 Å². The standard InChI is InChI=1S/C6H4ClOS/c1-4-5(2-8)3-9-6(4)7/h3H,1H3. The molecule has 1 rings (SSSR count). The first-order valence-electron chi connectivity index (χ1n) is 2.37. The minimum absolute atomic E-state index is 0.574. The molecule has 3 heteroatoms. The van der Waals surface area contributed by atoms with Crippen LogP contribution >= 0.6 is 22.9 Å². The lowest BCUT2D eigenvalue weighted by atomic mass is 10.2. The maximum Gasteiger partial charge on any atom is 0.234 e. The van der Waals surface area contributed by atoms with Gasteiger partial charge in [0.25, 0.3) is 0 Å². The summed E-state index contributed by atoms with van der Waals surface area (Å²) < 4.78 is 0.674. The van der Waals surface area contributed by atoms with Crippen LogP contribution in [-0.4, -0.2) is 6.29 Å². The zero-order chi connectivity index (χ0) is 6.85. The van der Waals surface area contributed by atoms with Crippen LogP contribution in [-0.2, 0) is 4.79 Å². The first kappa shape index (κ1) is 6.78. The highest BCUT2D eigenvalue weighted by atomic mass is 35.5. The topological polar surface area (TPSA) is 17.1 Å². The van der Waals surface area contributed by atoms with Crippen LogP contribution in [0.15, 0.2) is 5.38 Å². The van der Waals surface area contributed by atoms with Crippen LogP contribution < -0.4 is 0 Å². The van der Waals surface area contributed by atoms with Crippen molar-refractivity contribution in [1.29, 1.82) is 0 Å². The Labute approximate surface area is 62.3 Å². The molecule has 47 valence electrons. The summed E-state index contributed by atoms with van der Waals surface area (Å²) in [6.07, 6.45) is 1.79. The van der Waals surface area contributed by atoms with Gasteiger partial charge in [0, 0.05) is 10.9 Å². The van der Waals surface area contributed by atoms with Crippen LogP contribution in [0, 0.1) is 6.92 Å². The fourth-order valence-corrected chi connectivity index (χ4v) is 1.46. The molecule has 0 aliphatic heterocycles. The summed E-state index contributed by atoms with van der Waals surface area (Å²) in [5, 5.41) is 1.70. The lowest BCUT2D eigenvalue weighted by molar-refractivity contribution is 0.562. The second-order valence-corrected chi connectivity index (χ2v) is 3.13. The minimum atomic E-state index is 0.574. The quantitative estimate of drug-likeness (QED) is 0.614. The zero-order valence-electron chi connectivity index (χ0n) is 4.77. The lowest BCUT2D eigenvalue weighted by Gasteiger charge is -1.82. The van der Waals surface area contributed by atoms with Crippen molar-refractivity contribution in [3.05, 3.63) is 20.8 Å². The Balaban J connectivity index is 3.18. The molecule has 1 aromatic heterocycles. The Morgan fingerprint density at radius 2 is 2.44 bits per heavy atom. The predicted octanol–water partition coefficient (Wildman–Crippen LogP) is 2.17. The highest BCUT2D eigenvalue weighted by molar-refractivity contribution is 7.14. The van der Waals surface area contributed by atoms with Crippen LogP contribution in [0.25, 0.3) is 0 Å². The third-order valence-corrected chi connectivity index (χ3v) is 2.51. The Bertz CT molecular complexity index is 229. The van der Waals surface area contributed by atoms with Crippen molar-refractivity contribution in [3.63, 3.8) is 0 Å². The average molecular weight is 160 g/mol. The van der Waals surface area contributed by atoms with E-state index < -0.39 is 0 Å². The molecule has 0 N–H and O–H groups in total. The monoisotopic (exact) mass is 159 g/mol. The van der Waals surface area contributed by atoms with E-state index in [9.17, 15) is 4.79 Å². The summed E-state index contributed by atoms with van der Waals surface area (Å²) in [6.45, 7) is 1.80. The second-order valence-electron chi connectivity index (χ2n) is 1.65. The SMILES string of the molecule is Cc1c([C]=O)csc1Cl. The van der Waals surface area contributed by atoms with Gasteiger partial charge in [-0.3, -0.25) is 4.79 Å². The minimum Gasteiger partial charge on any atom is -0.285 e. The van der Waals surface area contributed by atoms with Crippen molar-refractivity contribution in [2.24, 2.45) is 0 Å². The van der Waals surface area contributed by atoms with Gasteiger partial charge in [0.2, 0.25) is 6.29 Å². The van der Waals surface area contributed by atoms with Crippen molar-refractivity contribution in [2.75, 3.05) is 0 Å². The van der Waals surface area contributed by atoms with Crippen LogP contribution in [0.2, 0.25) is 4.34 Å². The van der Waals surface area contributed by atoms with Gasteiger partial charge in [0.15, 0.2) is 0 Å². The molecular weight excluding hydrogens is 156 g/mol. The Morgan fingerprint density at radius 3 is 2.67 bits per heavy atom. The molecular formula is C6H4ClOS. The molecule has 1 heterocycles. The Kier molecular flexibility index (Phi) is 1.88. The molecule has 0 atom stereocenters. The molecule has 0 unspecified atom stereocenters. The van der Waals surface area contributed by atoms with Gasteiger partial charge < -0.3 is 0 Å². The number of rotatable bonds is 1. The summed E-state index contributed by atoms with van der Waals surface area (Å²) in [4.78, 5) is 10.1. The number of halogens is 1. The molecule has 1 aromatic rings. The third-order valence-electron chi connectivity index (χ3n) is 1.09. The molecule has 0 fully saturated rings. The smallest absolute Gasteiger partial charge is 0.234 e. The van der Waals surface area contributed by atoms with Crippen molar-refractivity contribution >= 4 is 29.2 Å². The molecule has 1 radical (unpaired) electrons. The molecule has 0 saturated carbocycles. The van der Waals surface area contributed by atoms with Crippen LogP contribution in [0.5, 0.6) is 0 Å². The molecule has 0 aromatic carbocycles. The van der Waals surface area contributed by atoms with E-state index in [0.717, 1.165) is 5.56 Å². The van der Waals surface area contributed by atoms with Crippen LogP contribution in [0.4, 0.5) is 0 Å². The molecule has 1 nitrogen and oxygen atoms in total.